The van der Waals surface area contributed by atoms with Gasteiger partial charge in [0.25, 0.3) is 0 Å². The van der Waals surface area contributed by atoms with Gasteiger partial charge in [-0.25, -0.2) is 18.7 Å². The number of fused-ring (bicyclic) bond motifs is 1. The standard InChI is InChI=1S/C15H14FN5O5/c16-4-3-11(22)25-5-9-12(23)13(24)15(6-17,26-9)10-2-1-8-14(18)19-7-20-21(8)10/h1-4,7,9,12-13,23-24H,5H2,(H2,18,19,20)/b4-3+/t9-,12-,13-,15+/m1/s1. The number of ether oxygens (including phenoxy) is 2. The van der Waals surface area contributed by atoms with Crippen LogP contribution >= 0.6 is 0 Å². The molecule has 0 spiro atoms. The van der Waals surface area contributed by atoms with Crippen LogP contribution in [-0.2, 0) is 19.9 Å². The van der Waals surface area contributed by atoms with E-state index in [1.165, 1.54) is 16.6 Å². The van der Waals surface area contributed by atoms with Crippen molar-refractivity contribution in [1.29, 1.82) is 5.26 Å². The number of nitriles is 1. The molecule has 1 fully saturated rings. The zero-order valence-corrected chi connectivity index (χ0v) is 13.2. The van der Waals surface area contributed by atoms with Gasteiger partial charge in [0.1, 0.15) is 42.8 Å². The average molecular weight is 363 g/mol. The second-order valence-electron chi connectivity index (χ2n) is 5.52. The summed E-state index contributed by atoms with van der Waals surface area (Å²) in [6, 6.07) is 4.84. The van der Waals surface area contributed by atoms with E-state index in [4.69, 9.17) is 15.2 Å². The number of hydrogen-bond donors (Lipinski definition) is 3. The predicted molar refractivity (Wildman–Crippen MR) is 82.8 cm³/mol. The molecular weight excluding hydrogens is 349 g/mol. The van der Waals surface area contributed by atoms with Gasteiger partial charge in [-0.15, -0.1) is 0 Å². The van der Waals surface area contributed by atoms with Crippen LogP contribution in [0, 0.1) is 11.3 Å². The number of nitrogens with two attached hydrogens (primary N) is 1. The first kappa shape index (κ1) is 17.7. The molecular formula is C15H14FN5O5. The molecule has 0 unspecified atom stereocenters. The SMILES string of the molecule is N#C[C@@]1(c2ccc3c(N)ncnn23)O[C@H](COC(=O)/C=C/F)[C@@H](O)[C@H]1O. The topological polar surface area (TPSA) is 156 Å². The Bertz CT molecular complexity index is 909. The number of aliphatic hydroxyl groups is 2. The molecule has 1 aliphatic heterocycles. The molecule has 0 radical (unpaired) electrons. The number of hydrogen-bond acceptors (Lipinski definition) is 9. The van der Waals surface area contributed by atoms with Crippen molar-refractivity contribution >= 4 is 17.3 Å². The van der Waals surface area contributed by atoms with Gasteiger partial charge in [-0.3, -0.25) is 0 Å². The van der Waals surface area contributed by atoms with E-state index < -0.39 is 36.5 Å². The number of carbonyl (C=O) groups excluding carboxylic acids is 1. The Morgan fingerprint density at radius 2 is 2.35 bits per heavy atom. The number of nitrogen functional groups attached to an aromatic ring is 1. The van der Waals surface area contributed by atoms with Crippen molar-refractivity contribution < 1.29 is 28.9 Å². The van der Waals surface area contributed by atoms with Gasteiger partial charge in [0.2, 0.25) is 5.60 Å². The van der Waals surface area contributed by atoms with Crippen molar-refractivity contribution in [3.8, 4) is 6.07 Å². The van der Waals surface area contributed by atoms with Crippen molar-refractivity contribution in [2.75, 3.05) is 12.3 Å². The Labute approximate surface area is 145 Å². The largest absolute Gasteiger partial charge is 0.460 e. The van der Waals surface area contributed by atoms with E-state index in [0.717, 1.165) is 6.33 Å². The highest BCUT2D eigenvalue weighted by atomic mass is 19.1. The van der Waals surface area contributed by atoms with Crippen LogP contribution in [0.2, 0.25) is 0 Å². The first-order chi connectivity index (χ1) is 12.4. The molecule has 0 aliphatic carbocycles. The van der Waals surface area contributed by atoms with E-state index in [9.17, 15) is 24.7 Å². The van der Waals surface area contributed by atoms with Gasteiger partial charge in [-0.2, -0.15) is 10.4 Å². The summed E-state index contributed by atoms with van der Waals surface area (Å²) < 4.78 is 23.5. The summed E-state index contributed by atoms with van der Waals surface area (Å²) >= 11 is 0. The summed E-state index contributed by atoms with van der Waals surface area (Å²) in [6.07, 6.45) is -2.72. The van der Waals surface area contributed by atoms with Crippen LogP contribution in [0.4, 0.5) is 10.2 Å². The molecule has 4 atom stereocenters. The maximum atomic E-state index is 12.0. The Balaban J connectivity index is 1.95. The van der Waals surface area contributed by atoms with Gasteiger partial charge in [-0.1, -0.05) is 0 Å². The molecule has 11 heteroatoms. The highest BCUT2D eigenvalue weighted by molar-refractivity contribution is 5.81. The van der Waals surface area contributed by atoms with E-state index in [1.807, 2.05) is 6.07 Å². The van der Waals surface area contributed by atoms with Gasteiger partial charge in [0.15, 0.2) is 5.82 Å². The Morgan fingerprint density at radius 3 is 3.04 bits per heavy atom. The lowest BCUT2D eigenvalue weighted by Gasteiger charge is -2.24. The molecule has 136 valence electrons. The van der Waals surface area contributed by atoms with E-state index >= 15 is 0 Å². The Kier molecular flexibility index (Phi) is 4.56. The second-order valence-corrected chi connectivity index (χ2v) is 5.52. The highest BCUT2D eigenvalue weighted by Gasteiger charge is 2.57. The molecule has 2 aromatic heterocycles. The molecule has 2 aromatic rings. The molecule has 1 saturated heterocycles. The third-order valence-electron chi connectivity index (χ3n) is 4.08. The van der Waals surface area contributed by atoms with Gasteiger partial charge in [0.05, 0.1) is 18.1 Å². The zero-order chi connectivity index (χ0) is 18.9. The lowest BCUT2D eigenvalue weighted by molar-refractivity contribution is -0.144. The number of carbonyl (C=O) groups is 1. The molecule has 1 aliphatic rings. The normalized spacial score (nSPS) is 28.5. The second kappa shape index (κ2) is 6.68. The lowest BCUT2D eigenvalue weighted by Crippen LogP contribution is -2.41. The van der Waals surface area contributed by atoms with Crippen LogP contribution in [0.1, 0.15) is 5.69 Å². The van der Waals surface area contributed by atoms with Crippen LogP contribution in [0.3, 0.4) is 0 Å². The number of anilines is 1. The fourth-order valence-electron chi connectivity index (χ4n) is 2.81. The van der Waals surface area contributed by atoms with Crippen LogP contribution in [0.25, 0.3) is 5.52 Å². The number of nitrogens with zero attached hydrogens (tertiary/aromatic N) is 4. The number of aromatic nitrogens is 3. The van der Waals surface area contributed by atoms with Crippen molar-refractivity contribution in [2.24, 2.45) is 0 Å². The molecule has 0 amide bonds. The maximum absolute atomic E-state index is 12.0. The Morgan fingerprint density at radius 1 is 1.58 bits per heavy atom. The quantitative estimate of drug-likeness (QED) is 0.466. The summed E-state index contributed by atoms with van der Waals surface area (Å²) in [5.41, 5.74) is 4.26. The minimum atomic E-state index is -1.99. The molecule has 3 heterocycles. The lowest BCUT2D eigenvalue weighted by atomic mass is 9.92. The van der Waals surface area contributed by atoms with E-state index in [2.05, 4.69) is 10.1 Å². The van der Waals surface area contributed by atoms with Gasteiger partial charge >= 0.3 is 5.97 Å². The summed E-state index contributed by atoms with van der Waals surface area (Å²) in [5.74, 6) is -0.850. The Hall–Kier alpha value is -3.07. The highest BCUT2D eigenvalue weighted by Crippen LogP contribution is 2.40. The average Bonchev–Trinajstić information content (AvgIpc) is 3.16. The fraction of sp³-hybridized carbons (Fsp3) is 0.333. The van der Waals surface area contributed by atoms with Crippen molar-refractivity contribution in [3.05, 3.63) is 36.6 Å². The number of halogens is 1. The molecule has 3 rings (SSSR count). The van der Waals surface area contributed by atoms with Crippen molar-refractivity contribution in [2.45, 2.75) is 23.9 Å². The molecule has 26 heavy (non-hydrogen) atoms. The first-order valence-corrected chi connectivity index (χ1v) is 7.42. The van der Waals surface area contributed by atoms with Crippen molar-refractivity contribution in [3.63, 3.8) is 0 Å². The molecule has 0 bridgehead atoms. The van der Waals surface area contributed by atoms with Gasteiger partial charge in [0, 0.05) is 0 Å². The van der Waals surface area contributed by atoms with E-state index in [1.54, 1.807) is 0 Å². The molecule has 10 nitrogen and oxygen atoms in total. The summed E-state index contributed by atoms with van der Waals surface area (Å²) in [6.45, 7) is -0.495. The van der Waals surface area contributed by atoms with Crippen LogP contribution < -0.4 is 5.73 Å². The minimum absolute atomic E-state index is 0.000452. The first-order valence-electron chi connectivity index (χ1n) is 7.42. The number of esters is 1. The summed E-state index contributed by atoms with van der Waals surface area (Å²) in [7, 11) is 0. The minimum Gasteiger partial charge on any atom is -0.460 e. The van der Waals surface area contributed by atoms with Crippen molar-refractivity contribution in [1.82, 2.24) is 14.6 Å². The summed E-state index contributed by atoms with van der Waals surface area (Å²) in [5, 5.41) is 34.3. The van der Waals surface area contributed by atoms with Gasteiger partial charge in [-0.05, 0) is 12.1 Å². The monoisotopic (exact) mass is 363 g/mol. The number of rotatable bonds is 4. The third kappa shape index (κ3) is 2.66. The van der Waals surface area contributed by atoms with Crippen LogP contribution in [0.15, 0.2) is 30.9 Å². The van der Waals surface area contributed by atoms with Crippen LogP contribution in [0.5, 0.6) is 0 Å². The van der Waals surface area contributed by atoms with Gasteiger partial charge < -0.3 is 25.4 Å². The fourth-order valence-corrected chi connectivity index (χ4v) is 2.81. The number of aliphatic hydroxyl groups excluding tert-OH is 2. The molecule has 0 saturated carbocycles. The summed E-state index contributed by atoms with van der Waals surface area (Å²) in [4.78, 5) is 15.0. The smallest absolute Gasteiger partial charge is 0.333 e. The predicted octanol–water partition coefficient (Wildman–Crippen LogP) is -0.823. The van der Waals surface area contributed by atoms with E-state index in [0.29, 0.717) is 11.6 Å². The molecule has 4 N–H and O–H groups in total. The third-order valence-corrected chi connectivity index (χ3v) is 4.08. The molecule has 0 aromatic carbocycles. The van der Waals surface area contributed by atoms with E-state index in [-0.39, 0.29) is 17.8 Å². The maximum Gasteiger partial charge on any atom is 0.333 e. The zero-order valence-electron chi connectivity index (χ0n) is 13.2. The van der Waals surface area contributed by atoms with Crippen LogP contribution in [-0.4, -0.2) is 55.7 Å².